The first-order valence-electron chi connectivity index (χ1n) is 7.48. The molecule has 1 aliphatic heterocycles. The van der Waals surface area contributed by atoms with E-state index < -0.39 is 0 Å². The van der Waals surface area contributed by atoms with Crippen molar-refractivity contribution in [2.75, 3.05) is 18.8 Å². The molecule has 0 N–H and O–H groups in total. The Labute approximate surface area is 142 Å². The lowest BCUT2D eigenvalue weighted by Crippen LogP contribution is -2.32. The number of furan rings is 1. The van der Waals surface area contributed by atoms with Crippen LogP contribution in [0.1, 0.15) is 27.8 Å². The third-order valence-corrected chi connectivity index (χ3v) is 5.84. The van der Waals surface area contributed by atoms with Crippen molar-refractivity contribution in [2.24, 2.45) is 0 Å². The Morgan fingerprint density at radius 3 is 3.00 bits per heavy atom. The van der Waals surface area contributed by atoms with Crippen molar-refractivity contribution in [2.45, 2.75) is 11.7 Å². The maximum absolute atomic E-state index is 12.8. The van der Waals surface area contributed by atoms with Crippen molar-refractivity contribution in [1.29, 1.82) is 0 Å². The molecule has 0 aliphatic carbocycles. The fourth-order valence-electron chi connectivity index (χ4n) is 2.77. The van der Waals surface area contributed by atoms with Gasteiger partial charge in [-0.1, -0.05) is 0 Å². The van der Waals surface area contributed by atoms with Crippen molar-refractivity contribution < 1.29 is 9.21 Å². The molecule has 1 saturated heterocycles. The average Bonchev–Trinajstić information content (AvgIpc) is 3.21. The summed E-state index contributed by atoms with van der Waals surface area (Å²) in [5.41, 5.74) is 2.32. The minimum atomic E-state index is 0.0700. The van der Waals surface area contributed by atoms with Crippen LogP contribution in [0.4, 0.5) is 0 Å². The summed E-state index contributed by atoms with van der Waals surface area (Å²) in [6.45, 7) is 1.50. The fraction of sp³-hybridized carbons (Fsp3) is 0.312. The van der Waals surface area contributed by atoms with Crippen LogP contribution in [-0.2, 0) is 0 Å². The molecule has 1 aromatic carbocycles. The van der Waals surface area contributed by atoms with Gasteiger partial charge in [-0.2, -0.15) is 8.75 Å². The molecule has 0 saturated carbocycles. The molecule has 1 amide bonds. The number of benzene rings is 1. The third kappa shape index (κ3) is 2.98. The largest absolute Gasteiger partial charge is 0.468 e. The fourth-order valence-corrected chi connectivity index (χ4v) is 4.47. The van der Waals surface area contributed by atoms with Crippen LogP contribution in [0, 0.1) is 0 Å². The molecular weight excluding hydrogens is 330 g/mol. The second kappa shape index (κ2) is 6.33. The van der Waals surface area contributed by atoms with Crippen LogP contribution in [0.5, 0.6) is 0 Å². The number of amides is 1. The van der Waals surface area contributed by atoms with Crippen LogP contribution >= 0.6 is 23.5 Å². The Hall–Kier alpha value is -1.86. The minimum absolute atomic E-state index is 0.0700. The Morgan fingerprint density at radius 2 is 2.13 bits per heavy atom. The number of hydrogen-bond acceptors (Lipinski definition) is 6. The lowest BCUT2D eigenvalue weighted by molar-refractivity contribution is 0.0766. The van der Waals surface area contributed by atoms with Gasteiger partial charge in [0.1, 0.15) is 16.8 Å². The van der Waals surface area contributed by atoms with E-state index in [1.165, 1.54) is 11.7 Å². The van der Waals surface area contributed by atoms with E-state index in [0.717, 1.165) is 42.1 Å². The summed E-state index contributed by atoms with van der Waals surface area (Å²) in [6.07, 6.45) is 2.62. The van der Waals surface area contributed by atoms with Gasteiger partial charge in [0.2, 0.25) is 0 Å². The molecule has 0 unspecified atom stereocenters. The summed E-state index contributed by atoms with van der Waals surface area (Å²) in [6, 6.07) is 9.47. The van der Waals surface area contributed by atoms with Crippen LogP contribution in [-0.4, -0.2) is 38.4 Å². The summed E-state index contributed by atoms with van der Waals surface area (Å²) >= 11 is 3.03. The second-order valence-corrected chi connectivity index (χ2v) is 7.26. The van der Waals surface area contributed by atoms with Crippen molar-refractivity contribution >= 4 is 40.4 Å². The van der Waals surface area contributed by atoms with E-state index in [2.05, 4.69) is 8.75 Å². The molecule has 0 bridgehead atoms. The number of carbonyl (C=O) groups is 1. The third-order valence-electron chi connectivity index (χ3n) is 3.99. The molecule has 118 valence electrons. The average molecular weight is 345 g/mol. The Balaban J connectivity index is 1.50. The van der Waals surface area contributed by atoms with E-state index in [0.29, 0.717) is 10.8 Å². The van der Waals surface area contributed by atoms with Crippen molar-refractivity contribution in [1.82, 2.24) is 13.6 Å². The predicted molar refractivity (Wildman–Crippen MR) is 91.8 cm³/mol. The number of carbonyl (C=O) groups excluding carboxylic acids is 1. The Morgan fingerprint density at radius 1 is 1.22 bits per heavy atom. The van der Waals surface area contributed by atoms with Gasteiger partial charge in [0, 0.05) is 24.4 Å². The Bertz CT molecular complexity index is 816. The molecule has 3 aromatic rings. The summed E-state index contributed by atoms with van der Waals surface area (Å²) in [7, 11) is 0. The summed E-state index contributed by atoms with van der Waals surface area (Å²) in [5.74, 6) is 1.98. The highest BCUT2D eigenvalue weighted by Crippen LogP contribution is 2.34. The molecule has 1 aliphatic rings. The van der Waals surface area contributed by atoms with Gasteiger partial charge in [0.15, 0.2) is 0 Å². The van der Waals surface area contributed by atoms with E-state index in [-0.39, 0.29) is 5.91 Å². The van der Waals surface area contributed by atoms with Gasteiger partial charge in [-0.05, 0) is 36.8 Å². The van der Waals surface area contributed by atoms with E-state index in [9.17, 15) is 4.79 Å². The number of aromatic nitrogens is 2. The highest BCUT2D eigenvalue weighted by atomic mass is 32.2. The zero-order chi connectivity index (χ0) is 15.6. The molecule has 3 heterocycles. The van der Waals surface area contributed by atoms with E-state index in [4.69, 9.17) is 4.42 Å². The standard InChI is InChI=1S/C16H15N3O2S2/c20-16(11-3-4-12-13(10-11)18-23-17-12)19-6-5-15(22-9-7-19)14-2-1-8-21-14/h1-4,8,10,15H,5-7,9H2/t15-/m0/s1. The zero-order valence-corrected chi connectivity index (χ0v) is 14.0. The van der Waals surface area contributed by atoms with Crippen LogP contribution in [0.15, 0.2) is 41.0 Å². The molecule has 0 radical (unpaired) electrons. The highest BCUT2D eigenvalue weighted by Gasteiger charge is 2.24. The summed E-state index contributed by atoms with van der Waals surface area (Å²) in [4.78, 5) is 14.7. The lowest BCUT2D eigenvalue weighted by Gasteiger charge is -2.20. The molecule has 2 aromatic heterocycles. The number of hydrogen-bond donors (Lipinski definition) is 0. The van der Waals surface area contributed by atoms with Crippen molar-refractivity contribution in [3.05, 3.63) is 47.9 Å². The highest BCUT2D eigenvalue weighted by molar-refractivity contribution is 7.99. The number of rotatable bonds is 2. The number of thioether (sulfide) groups is 1. The Kier molecular flexibility index (Phi) is 4.05. The molecular formula is C16H15N3O2S2. The predicted octanol–water partition coefficient (Wildman–Crippen LogP) is 3.60. The lowest BCUT2D eigenvalue weighted by atomic mass is 10.1. The van der Waals surface area contributed by atoms with Crippen LogP contribution < -0.4 is 0 Å². The van der Waals surface area contributed by atoms with Crippen molar-refractivity contribution in [3.8, 4) is 0 Å². The second-order valence-electron chi connectivity index (χ2n) is 5.42. The number of fused-ring (bicyclic) bond motifs is 1. The first-order valence-corrected chi connectivity index (χ1v) is 9.26. The first-order chi connectivity index (χ1) is 11.3. The topological polar surface area (TPSA) is 59.2 Å². The molecule has 5 nitrogen and oxygen atoms in total. The smallest absolute Gasteiger partial charge is 0.253 e. The van der Waals surface area contributed by atoms with Gasteiger partial charge in [-0.25, -0.2) is 0 Å². The van der Waals surface area contributed by atoms with Gasteiger partial charge in [0.25, 0.3) is 5.91 Å². The first kappa shape index (κ1) is 14.7. The normalized spacial score (nSPS) is 19.0. The van der Waals surface area contributed by atoms with Gasteiger partial charge >= 0.3 is 0 Å². The van der Waals surface area contributed by atoms with E-state index >= 15 is 0 Å². The van der Waals surface area contributed by atoms with Crippen molar-refractivity contribution in [3.63, 3.8) is 0 Å². The van der Waals surface area contributed by atoms with Crippen LogP contribution in [0.25, 0.3) is 11.0 Å². The van der Waals surface area contributed by atoms with Gasteiger partial charge in [0.05, 0.1) is 23.2 Å². The maximum Gasteiger partial charge on any atom is 0.253 e. The summed E-state index contributed by atoms with van der Waals surface area (Å²) in [5, 5.41) is 0.327. The number of nitrogens with zero attached hydrogens (tertiary/aromatic N) is 3. The van der Waals surface area contributed by atoms with E-state index in [1.54, 1.807) is 6.26 Å². The monoisotopic (exact) mass is 345 g/mol. The van der Waals surface area contributed by atoms with Gasteiger partial charge in [-0.3, -0.25) is 4.79 Å². The molecule has 7 heteroatoms. The molecule has 23 heavy (non-hydrogen) atoms. The van der Waals surface area contributed by atoms with Crippen LogP contribution in [0.3, 0.4) is 0 Å². The maximum atomic E-state index is 12.8. The molecule has 4 rings (SSSR count). The zero-order valence-electron chi connectivity index (χ0n) is 12.3. The minimum Gasteiger partial charge on any atom is -0.468 e. The molecule has 1 fully saturated rings. The summed E-state index contributed by atoms with van der Waals surface area (Å²) < 4.78 is 13.9. The molecule has 0 spiro atoms. The van der Waals surface area contributed by atoms with E-state index in [1.807, 2.05) is 47.0 Å². The quantitative estimate of drug-likeness (QED) is 0.710. The molecule has 1 atom stereocenters. The van der Waals surface area contributed by atoms with Gasteiger partial charge in [-0.15, -0.1) is 11.8 Å². The van der Waals surface area contributed by atoms with Gasteiger partial charge < -0.3 is 9.32 Å². The SMILES string of the molecule is O=C(c1ccc2nsnc2c1)N1CCS[C@H](c2ccco2)CC1. The van der Waals surface area contributed by atoms with Crippen LogP contribution in [0.2, 0.25) is 0 Å².